The number of nitrogens with zero attached hydrogens (tertiary/aromatic N) is 1. The average molecular weight is 113 g/mol. The molecule has 0 fully saturated rings. The summed E-state index contributed by atoms with van der Waals surface area (Å²) in [6, 6.07) is 0. The second kappa shape index (κ2) is 9.90. The molecule has 0 saturated carbocycles. The molecule has 0 aliphatic rings. The summed E-state index contributed by atoms with van der Waals surface area (Å²) in [4.78, 5) is 2.00. The molecule has 0 aliphatic heterocycles. The van der Waals surface area contributed by atoms with Crippen LogP contribution in [-0.4, -0.2) is 33.9 Å². The molecule has 0 heterocycles. The van der Waals surface area contributed by atoms with E-state index in [1.54, 1.807) is 0 Å². The Morgan fingerprint density at radius 3 is 1.62 bits per heavy atom. The molecule has 0 aromatic heterocycles. The van der Waals surface area contributed by atoms with Crippen molar-refractivity contribution in [3.8, 4) is 0 Å². The second-order valence-electron chi connectivity index (χ2n) is 2.04. The summed E-state index contributed by atoms with van der Waals surface area (Å²) in [6.45, 7) is 3.48. The molecule has 0 unspecified atom stereocenters. The average Bonchev–Trinajstić information content (AvgIpc) is 1.65. The molecule has 8 heavy (non-hydrogen) atoms. The lowest BCUT2D eigenvalue weighted by Crippen LogP contribution is -1.99. The molecule has 0 spiro atoms. The van der Waals surface area contributed by atoms with Crippen LogP contribution in [0.25, 0.3) is 0 Å². The summed E-state index contributed by atoms with van der Waals surface area (Å²) in [7, 11) is 8.06. The monoisotopic (exact) mass is 113 g/mol. The van der Waals surface area contributed by atoms with Crippen LogP contribution in [0.2, 0.25) is 6.32 Å². The first-order valence-electron chi connectivity index (χ1n) is 2.87. The van der Waals surface area contributed by atoms with Crippen molar-refractivity contribution in [3.05, 3.63) is 12.7 Å². The van der Waals surface area contributed by atoms with E-state index in [0.29, 0.717) is 0 Å². The van der Waals surface area contributed by atoms with Crippen LogP contribution in [0.15, 0.2) is 12.7 Å². The first kappa shape index (κ1) is 10.7. The van der Waals surface area contributed by atoms with Crippen LogP contribution in [0.5, 0.6) is 0 Å². The Morgan fingerprint density at radius 2 is 1.62 bits per heavy atom. The molecule has 0 aromatic rings. The topological polar surface area (TPSA) is 3.24 Å². The first-order valence-corrected chi connectivity index (χ1v) is 2.87. The zero-order chi connectivity index (χ0) is 6.99. The molecule has 0 aliphatic carbocycles. The molecule has 1 nitrogen and oxygen atoms in total. The van der Waals surface area contributed by atoms with Gasteiger partial charge >= 0.3 is 0 Å². The van der Waals surface area contributed by atoms with E-state index in [-0.39, 0.29) is 0 Å². The van der Waals surface area contributed by atoms with Crippen LogP contribution in [0.1, 0.15) is 0 Å². The SMILES string of the molecule is BCC=C.CN(C)C. The largest absolute Gasteiger partial charge is 0.312 e. The second-order valence-corrected chi connectivity index (χ2v) is 2.04. The molecule has 2 heteroatoms. The van der Waals surface area contributed by atoms with E-state index in [1.165, 1.54) is 0 Å². The highest BCUT2D eigenvalue weighted by molar-refractivity contribution is 6.09. The van der Waals surface area contributed by atoms with Crippen LogP contribution in [0.4, 0.5) is 0 Å². The summed E-state index contributed by atoms with van der Waals surface area (Å²) in [5.41, 5.74) is 0. The number of hydrogen-bond donors (Lipinski definition) is 0. The Hall–Kier alpha value is -0.235. The van der Waals surface area contributed by atoms with E-state index >= 15 is 0 Å². The minimum Gasteiger partial charge on any atom is -0.312 e. The van der Waals surface area contributed by atoms with Gasteiger partial charge < -0.3 is 4.90 Å². The maximum atomic E-state index is 3.48. The maximum absolute atomic E-state index is 3.48. The van der Waals surface area contributed by atoms with E-state index < -0.39 is 0 Å². The molecule has 0 atom stereocenters. The smallest absolute Gasteiger partial charge is 0.106 e. The van der Waals surface area contributed by atoms with E-state index in [2.05, 4.69) is 14.4 Å². The van der Waals surface area contributed by atoms with E-state index in [9.17, 15) is 0 Å². The van der Waals surface area contributed by atoms with Crippen LogP contribution < -0.4 is 0 Å². The van der Waals surface area contributed by atoms with Gasteiger partial charge in [-0.05, 0) is 21.1 Å². The molecular formula is C6H16BN. The summed E-state index contributed by atoms with van der Waals surface area (Å²) >= 11 is 0. The van der Waals surface area contributed by atoms with Gasteiger partial charge in [0.15, 0.2) is 0 Å². The third kappa shape index (κ3) is 224. The van der Waals surface area contributed by atoms with Gasteiger partial charge in [0.25, 0.3) is 0 Å². The molecule has 0 aromatic carbocycles. The summed E-state index contributed by atoms with van der Waals surface area (Å²) in [5, 5.41) is 0. The number of hydrogen-bond acceptors (Lipinski definition) is 1. The third-order valence-electron chi connectivity index (χ3n) is 0.289. The lowest BCUT2D eigenvalue weighted by molar-refractivity contribution is 0.505. The zero-order valence-corrected chi connectivity index (χ0v) is 6.44. The van der Waals surface area contributed by atoms with Gasteiger partial charge in [-0.2, -0.15) is 0 Å². The fourth-order valence-electron chi connectivity index (χ4n) is 0. The van der Waals surface area contributed by atoms with Crippen molar-refractivity contribution in [2.24, 2.45) is 0 Å². The fourth-order valence-corrected chi connectivity index (χ4v) is 0. The van der Waals surface area contributed by atoms with Gasteiger partial charge in [-0.3, -0.25) is 0 Å². The standard InChI is InChI=1S/C3H7B.C3H9N/c1-2-3-4;1-4(2)3/h2H,1,3-4H2;1-3H3. The molecule has 0 amide bonds. The van der Waals surface area contributed by atoms with Gasteiger partial charge in [-0.25, -0.2) is 0 Å². The lowest BCUT2D eigenvalue weighted by atomic mass is 10.1. The van der Waals surface area contributed by atoms with E-state index in [4.69, 9.17) is 0 Å². The van der Waals surface area contributed by atoms with Gasteiger partial charge in [-0.15, -0.1) is 6.58 Å². The summed E-state index contributed by atoms with van der Waals surface area (Å²) < 4.78 is 0. The molecular weight excluding hydrogens is 96.9 g/mol. The Bertz CT molecular complexity index is 41.0. The van der Waals surface area contributed by atoms with Crippen molar-refractivity contribution in [2.75, 3.05) is 21.1 Å². The fraction of sp³-hybridized carbons (Fsp3) is 0.667. The van der Waals surface area contributed by atoms with Crippen molar-refractivity contribution in [1.29, 1.82) is 0 Å². The Balaban J connectivity index is 0. The lowest BCUT2D eigenvalue weighted by Gasteiger charge is -1.90. The Morgan fingerprint density at radius 1 is 1.50 bits per heavy atom. The zero-order valence-electron chi connectivity index (χ0n) is 6.44. The summed E-state index contributed by atoms with van der Waals surface area (Å²) in [6.07, 6.45) is 2.96. The molecule has 0 saturated heterocycles. The minimum absolute atomic E-state index is 1.08. The van der Waals surface area contributed by atoms with E-state index in [1.807, 2.05) is 32.1 Å². The Kier molecular flexibility index (Phi) is 13.2. The van der Waals surface area contributed by atoms with Crippen LogP contribution in [0.3, 0.4) is 0 Å². The van der Waals surface area contributed by atoms with Gasteiger partial charge in [0.2, 0.25) is 0 Å². The molecule has 0 N–H and O–H groups in total. The Labute approximate surface area is 53.8 Å². The molecule has 0 bridgehead atoms. The van der Waals surface area contributed by atoms with Crippen LogP contribution in [0, 0.1) is 0 Å². The van der Waals surface area contributed by atoms with Crippen LogP contribution in [-0.2, 0) is 0 Å². The molecule has 0 radical (unpaired) electrons. The van der Waals surface area contributed by atoms with Crippen molar-refractivity contribution in [3.63, 3.8) is 0 Å². The number of allylic oxidation sites excluding steroid dienone is 1. The highest BCUT2D eigenvalue weighted by atomic mass is 15.0. The highest BCUT2D eigenvalue weighted by Crippen LogP contribution is 1.61. The predicted molar refractivity (Wildman–Crippen MR) is 43.2 cm³/mol. The first-order chi connectivity index (χ1) is 3.65. The molecule has 48 valence electrons. The minimum atomic E-state index is 1.08. The van der Waals surface area contributed by atoms with Crippen molar-refractivity contribution >= 4 is 7.85 Å². The van der Waals surface area contributed by atoms with Crippen molar-refractivity contribution in [2.45, 2.75) is 6.32 Å². The van der Waals surface area contributed by atoms with Crippen molar-refractivity contribution < 1.29 is 0 Å². The van der Waals surface area contributed by atoms with Gasteiger partial charge in [0.1, 0.15) is 7.85 Å². The molecule has 0 rings (SSSR count). The quantitative estimate of drug-likeness (QED) is 0.351. The summed E-state index contributed by atoms with van der Waals surface area (Å²) in [5.74, 6) is 0. The van der Waals surface area contributed by atoms with Crippen LogP contribution >= 0.6 is 0 Å². The van der Waals surface area contributed by atoms with Gasteiger partial charge in [-0.1, -0.05) is 12.4 Å². The third-order valence-corrected chi connectivity index (χ3v) is 0.289. The predicted octanol–water partition coefficient (Wildman–Crippen LogP) is 0.402. The van der Waals surface area contributed by atoms with Crippen molar-refractivity contribution in [1.82, 2.24) is 4.90 Å². The number of rotatable bonds is 1. The van der Waals surface area contributed by atoms with E-state index in [0.717, 1.165) is 6.32 Å². The van der Waals surface area contributed by atoms with Gasteiger partial charge in [0.05, 0.1) is 0 Å². The van der Waals surface area contributed by atoms with Gasteiger partial charge in [0, 0.05) is 0 Å². The maximum Gasteiger partial charge on any atom is 0.106 e. The normalized spacial score (nSPS) is 7.50. The highest BCUT2D eigenvalue weighted by Gasteiger charge is 1.58.